The van der Waals surface area contributed by atoms with Gasteiger partial charge in [0.05, 0.1) is 6.04 Å². The van der Waals surface area contributed by atoms with Gasteiger partial charge in [-0.15, -0.1) is 0 Å². The monoisotopic (exact) mass is 208 g/mol. The second-order valence-corrected chi connectivity index (χ2v) is 4.03. The van der Waals surface area contributed by atoms with Crippen LogP contribution in [0.25, 0.3) is 0 Å². The molecule has 2 heterocycles. The molecule has 5 heteroatoms. The molecule has 0 aliphatic carbocycles. The van der Waals surface area contributed by atoms with Crippen molar-refractivity contribution < 1.29 is 4.79 Å². The van der Waals surface area contributed by atoms with Crippen molar-refractivity contribution >= 4 is 6.03 Å². The van der Waals surface area contributed by atoms with Gasteiger partial charge in [-0.1, -0.05) is 0 Å². The molecule has 0 spiro atoms. The molecule has 0 saturated carbocycles. The Bertz CT molecular complexity index is 333. The maximum Gasteiger partial charge on any atom is 0.318 e. The van der Waals surface area contributed by atoms with Crippen molar-refractivity contribution in [3.8, 4) is 0 Å². The van der Waals surface area contributed by atoms with E-state index in [-0.39, 0.29) is 18.1 Å². The van der Waals surface area contributed by atoms with Crippen LogP contribution in [-0.2, 0) is 0 Å². The number of amides is 2. The molecule has 1 aromatic rings. The number of nitrogens with zero attached hydrogens (tertiary/aromatic N) is 1. The minimum absolute atomic E-state index is 0.0146. The van der Waals surface area contributed by atoms with Gasteiger partial charge in [0.1, 0.15) is 0 Å². The lowest BCUT2D eigenvalue weighted by Crippen LogP contribution is -2.37. The maximum atomic E-state index is 11.6. The molecule has 0 bridgehead atoms. The van der Waals surface area contributed by atoms with Gasteiger partial charge in [0.25, 0.3) is 0 Å². The first-order chi connectivity index (χ1) is 7.16. The molecule has 2 amide bonds. The van der Waals surface area contributed by atoms with Crippen LogP contribution in [0.4, 0.5) is 4.79 Å². The highest BCUT2D eigenvalue weighted by Crippen LogP contribution is 2.19. The summed E-state index contributed by atoms with van der Waals surface area (Å²) in [6.45, 7) is 3.20. The van der Waals surface area contributed by atoms with Crippen molar-refractivity contribution in [2.24, 2.45) is 5.73 Å². The van der Waals surface area contributed by atoms with Gasteiger partial charge in [-0.05, 0) is 18.6 Å². The number of H-pyrrole nitrogens is 1. The van der Waals surface area contributed by atoms with E-state index in [0.717, 1.165) is 5.56 Å². The van der Waals surface area contributed by atoms with E-state index < -0.39 is 0 Å². The van der Waals surface area contributed by atoms with Gasteiger partial charge in [0, 0.05) is 31.5 Å². The lowest BCUT2D eigenvalue weighted by Gasteiger charge is -2.16. The molecule has 1 aromatic heterocycles. The van der Waals surface area contributed by atoms with Crippen molar-refractivity contribution in [2.45, 2.75) is 19.0 Å². The normalized spacial score (nSPS) is 22.9. The fraction of sp³-hybridized carbons (Fsp3) is 0.500. The molecule has 2 rings (SSSR count). The van der Waals surface area contributed by atoms with Gasteiger partial charge in [0.15, 0.2) is 0 Å². The van der Waals surface area contributed by atoms with Crippen molar-refractivity contribution in [3.05, 3.63) is 24.0 Å². The summed E-state index contributed by atoms with van der Waals surface area (Å²) in [4.78, 5) is 16.3. The van der Waals surface area contributed by atoms with Crippen molar-refractivity contribution in [1.82, 2.24) is 15.2 Å². The Labute approximate surface area is 88.6 Å². The SMILES string of the molecule is CC(N)CN1CC(c2cc[nH]c2)NC1=O. The molecular formula is C10H16N4O. The van der Waals surface area contributed by atoms with E-state index in [1.54, 1.807) is 4.90 Å². The van der Waals surface area contributed by atoms with Gasteiger partial charge in [-0.25, -0.2) is 4.79 Å². The zero-order valence-corrected chi connectivity index (χ0v) is 8.73. The summed E-state index contributed by atoms with van der Waals surface area (Å²) in [6, 6.07) is 2.04. The van der Waals surface area contributed by atoms with Crippen molar-refractivity contribution in [3.63, 3.8) is 0 Å². The number of hydrogen-bond acceptors (Lipinski definition) is 2. The molecule has 15 heavy (non-hydrogen) atoms. The first kappa shape index (κ1) is 10.0. The Balaban J connectivity index is 2.01. The third-order valence-electron chi connectivity index (χ3n) is 2.52. The van der Waals surface area contributed by atoms with Gasteiger partial charge in [0.2, 0.25) is 0 Å². The predicted molar refractivity (Wildman–Crippen MR) is 57.3 cm³/mol. The minimum Gasteiger partial charge on any atom is -0.367 e. The van der Waals surface area contributed by atoms with Crippen LogP contribution in [0.1, 0.15) is 18.5 Å². The Kier molecular flexibility index (Phi) is 2.64. The number of carbonyl (C=O) groups excluding carboxylic acids is 1. The molecule has 2 atom stereocenters. The predicted octanol–water partition coefficient (Wildman–Crippen LogP) is 0.428. The summed E-state index contributed by atoms with van der Waals surface area (Å²) in [5.41, 5.74) is 6.78. The summed E-state index contributed by atoms with van der Waals surface area (Å²) in [5.74, 6) is 0. The Morgan fingerprint density at radius 3 is 3.13 bits per heavy atom. The highest BCUT2D eigenvalue weighted by molar-refractivity contribution is 5.77. The average Bonchev–Trinajstić information content (AvgIpc) is 2.75. The smallest absolute Gasteiger partial charge is 0.318 e. The van der Waals surface area contributed by atoms with E-state index in [1.807, 2.05) is 25.4 Å². The third-order valence-corrected chi connectivity index (χ3v) is 2.52. The summed E-state index contributed by atoms with van der Waals surface area (Å²) in [7, 11) is 0. The first-order valence-corrected chi connectivity index (χ1v) is 5.10. The topological polar surface area (TPSA) is 74.2 Å². The maximum absolute atomic E-state index is 11.6. The minimum atomic E-state index is -0.0292. The van der Waals surface area contributed by atoms with Crippen LogP contribution in [0.5, 0.6) is 0 Å². The van der Waals surface area contributed by atoms with Crippen LogP contribution in [0, 0.1) is 0 Å². The Morgan fingerprint density at radius 2 is 2.53 bits per heavy atom. The summed E-state index contributed by atoms with van der Waals surface area (Å²) in [5, 5.41) is 2.92. The zero-order chi connectivity index (χ0) is 10.8. The number of aromatic nitrogens is 1. The molecule has 5 nitrogen and oxygen atoms in total. The number of nitrogens with two attached hydrogens (primary N) is 1. The molecule has 4 N–H and O–H groups in total. The molecule has 0 aromatic carbocycles. The standard InChI is InChI=1S/C10H16N4O/c1-7(11)5-14-6-9(13-10(14)15)8-2-3-12-4-8/h2-4,7,9,12H,5-6,11H2,1H3,(H,13,15). The molecular weight excluding hydrogens is 192 g/mol. The summed E-state index contributed by atoms with van der Waals surface area (Å²) < 4.78 is 0. The van der Waals surface area contributed by atoms with Gasteiger partial charge in [-0.3, -0.25) is 0 Å². The number of nitrogens with one attached hydrogen (secondary N) is 2. The first-order valence-electron chi connectivity index (χ1n) is 5.10. The summed E-state index contributed by atoms with van der Waals surface area (Å²) in [6.07, 6.45) is 3.76. The fourth-order valence-electron chi connectivity index (χ4n) is 1.84. The Morgan fingerprint density at radius 1 is 1.73 bits per heavy atom. The largest absolute Gasteiger partial charge is 0.367 e. The average molecular weight is 208 g/mol. The van der Waals surface area contributed by atoms with Crippen molar-refractivity contribution in [2.75, 3.05) is 13.1 Å². The van der Waals surface area contributed by atoms with E-state index in [4.69, 9.17) is 5.73 Å². The highest BCUT2D eigenvalue weighted by atomic mass is 16.2. The van der Waals surface area contributed by atoms with Crippen LogP contribution in [0.2, 0.25) is 0 Å². The fourth-order valence-corrected chi connectivity index (χ4v) is 1.84. The van der Waals surface area contributed by atoms with Crippen LogP contribution in [0.3, 0.4) is 0 Å². The highest BCUT2D eigenvalue weighted by Gasteiger charge is 2.29. The quantitative estimate of drug-likeness (QED) is 0.673. The molecule has 0 radical (unpaired) electrons. The lowest BCUT2D eigenvalue weighted by molar-refractivity contribution is 0.215. The van der Waals surface area contributed by atoms with E-state index in [1.165, 1.54) is 0 Å². The third kappa shape index (κ3) is 2.12. The van der Waals surface area contributed by atoms with E-state index in [0.29, 0.717) is 13.1 Å². The van der Waals surface area contributed by atoms with Crippen LogP contribution in [0.15, 0.2) is 18.5 Å². The van der Waals surface area contributed by atoms with Gasteiger partial charge < -0.3 is 20.9 Å². The number of carbonyl (C=O) groups is 1. The van der Waals surface area contributed by atoms with Crippen molar-refractivity contribution in [1.29, 1.82) is 0 Å². The second kappa shape index (κ2) is 3.94. The van der Waals surface area contributed by atoms with Gasteiger partial charge in [-0.2, -0.15) is 0 Å². The number of rotatable bonds is 3. The van der Waals surface area contributed by atoms with Gasteiger partial charge >= 0.3 is 6.03 Å². The Hall–Kier alpha value is -1.49. The van der Waals surface area contributed by atoms with E-state index in [9.17, 15) is 4.79 Å². The zero-order valence-electron chi connectivity index (χ0n) is 8.73. The van der Waals surface area contributed by atoms with Crippen LogP contribution in [-0.4, -0.2) is 35.0 Å². The molecule has 1 saturated heterocycles. The number of hydrogen-bond donors (Lipinski definition) is 3. The molecule has 1 aliphatic heterocycles. The summed E-state index contributed by atoms with van der Waals surface area (Å²) >= 11 is 0. The second-order valence-electron chi connectivity index (χ2n) is 4.03. The van der Waals surface area contributed by atoms with Crippen LogP contribution >= 0.6 is 0 Å². The molecule has 82 valence electrons. The van der Waals surface area contributed by atoms with Crippen LogP contribution < -0.4 is 11.1 Å². The molecule has 1 fully saturated rings. The molecule has 2 unspecified atom stereocenters. The number of urea groups is 1. The molecule has 1 aliphatic rings. The van der Waals surface area contributed by atoms with E-state index >= 15 is 0 Å². The lowest BCUT2D eigenvalue weighted by atomic mass is 10.1. The number of aromatic amines is 1. The van der Waals surface area contributed by atoms with E-state index in [2.05, 4.69) is 10.3 Å².